The summed E-state index contributed by atoms with van der Waals surface area (Å²) in [5.74, 6) is -2.14. The van der Waals surface area contributed by atoms with Gasteiger partial charge in [-0.3, -0.25) is 9.59 Å². The first-order chi connectivity index (χ1) is 12.6. The van der Waals surface area contributed by atoms with E-state index in [2.05, 4.69) is 0 Å². The molecule has 27 heavy (non-hydrogen) atoms. The van der Waals surface area contributed by atoms with Gasteiger partial charge in [0.25, 0.3) is 0 Å². The Morgan fingerprint density at radius 2 is 1.74 bits per heavy atom. The van der Waals surface area contributed by atoms with Crippen molar-refractivity contribution in [1.29, 1.82) is 0 Å². The highest BCUT2D eigenvalue weighted by Crippen LogP contribution is 2.51. The van der Waals surface area contributed by atoms with Crippen molar-refractivity contribution in [2.24, 2.45) is 17.3 Å². The van der Waals surface area contributed by atoms with E-state index in [4.69, 9.17) is 18.9 Å². The van der Waals surface area contributed by atoms with E-state index in [-0.39, 0.29) is 18.0 Å². The Hall–Kier alpha value is -2.12. The van der Waals surface area contributed by atoms with E-state index in [1.165, 1.54) is 0 Å². The lowest BCUT2D eigenvalue weighted by molar-refractivity contribution is -0.183. The first kappa shape index (κ1) is 19.6. The van der Waals surface area contributed by atoms with Crippen LogP contribution in [0.4, 0.5) is 0 Å². The van der Waals surface area contributed by atoms with Gasteiger partial charge in [-0.2, -0.15) is 0 Å². The summed E-state index contributed by atoms with van der Waals surface area (Å²) in [4.78, 5) is 47.5. The number of fused-ring (bicyclic) bond motifs is 1. The SMILES string of the molecule is CC(C)(C)C(=O)OCC(=O)OCC(=O)OC12CC3CC(C1)OC(=O)C(C3)C2. The summed E-state index contributed by atoms with van der Waals surface area (Å²) in [6.45, 7) is 3.90. The second kappa shape index (κ2) is 7.13. The third-order valence-electron chi connectivity index (χ3n) is 5.32. The molecule has 2 aliphatic carbocycles. The Bertz CT molecular complexity index is 649. The number of carbonyl (C=O) groups is 4. The molecule has 4 bridgehead atoms. The van der Waals surface area contributed by atoms with Gasteiger partial charge in [-0.05, 0) is 46.0 Å². The third kappa shape index (κ3) is 4.59. The van der Waals surface area contributed by atoms with Crippen molar-refractivity contribution in [3.63, 3.8) is 0 Å². The average Bonchev–Trinajstić information content (AvgIpc) is 2.71. The normalized spacial score (nSPS) is 31.7. The van der Waals surface area contributed by atoms with Crippen LogP contribution in [0.3, 0.4) is 0 Å². The van der Waals surface area contributed by atoms with Crippen LogP contribution in [0.25, 0.3) is 0 Å². The number of hydrogen-bond donors (Lipinski definition) is 0. The third-order valence-corrected chi connectivity index (χ3v) is 5.32. The Balaban J connectivity index is 1.48. The van der Waals surface area contributed by atoms with Crippen LogP contribution >= 0.6 is 0 Å². The lowest BCUT2D eigenvalue weighted by Gasteiger charge is -2.45. The van der Waals surface area contributed by atoms with E-state index in [0.717, 1.165) is 12.8 Å². The van der Waals surface area contributed by atoms with Crippen molar-refractivity contribution in [1.82, 2.24) is 0 Å². The van der Waals surface area contributed by atoms with Crippen LogP contribution in [0.15, 0.2) is 0 Å². The van der Waals surface area contributed by atoms with Crippen molar-refractivity contribution in [2.45, 2.75) is 64.6 Å². The summed E-state index contributed by atoms with van der Waals surface area (Å²) in [5, 5.41) is 0. The minimum absolute atomic E-state index is 0.202. The van der Waals surface area contributed by atoms with Gasteiger partial charge >= 0.3 is 23.9 Å². The van der Waals surface area contributed by atoms with Crippen molar-refractivity contribution >= 4 is 23.9 Å². The molecule has 0 aromatic rings. The first-order valence-corrected chi connectivity index (χ1v) is 9.31. The number of esters is 4. The highest BCUT2D eigenvalue weighted by atomic mass is 16.6. The van der Waals surface area contributed by atoms with Crippen LogP contribution in [0.5, 0.6) is 0 Å². The molecule has 150 valence electrons. The van der Waals surface area contributed by atoms with Crippen molar-refractivity contribution < 1.29 is 38.1 Å². The van der Waals surface area contributed by atoms with Gasteiger partial charge in [0.15, 0.2) is 13.2 Å². The predicted octanol–water partition coefficient (Wildman–Crippen LogP) is 1.54. The zero-order valence-corrected chi connectivity index (χ0v) is 15.9. The number of hydrogen-bond acceptors (Lipinski definition) is 8. The molecule has 0 N–H and O–H groups in total. The molecule has 2 aliphatic heterocycles. The van der Waals surface area contributed by atoms with Crippen LogP contribution in [0, 0.1) is 17.3 Å². The number of rotatable bonds is 5. The minimum atomic E-state index is -0.814. The summed E-state index contributed by atoms with van der Waals surface area (Å²) in [7, 11) is 0. The van der Waals surface area contributed by atoms with E-state index in [0.29, 0.717) is 25.2 Å². The van der Waals surface area contributed by atoms with Crippen molar-refractivity contribution in [3.8, 4) is 0 Å². The molecule has 4 unspecified atom stereocenters. The fourth-order valence-electron chi connectivity index (χ4n) is 4.29. The summed E-state index contributed by atoms with van der Waals surface area (Å²) in [6.07, 6.45) is 3.05. The topological polar surface area (TPSA) is 105 Å². The molecule has 0 amide bonds. The summed E-state index contributed by atoms with van der Waals surface area (Å²) >= 11 is 0. The molecule has 8 heteroatoms. The van der Waals surface area contributed by atoms with Crippen LogP contribution in [-0.4, -0.2) is 48.8 Å². The summed E-state index contributed by atoms with van der Waals surface area (Å²) in [6, 6.07) is 0. The zero-order valence-electron chi connectivity index (χ0n) is 15.9. The Morgan fingerprint density at radius 3 is 2.44 bits per heavy atom. The van der Waals surface area contributed by atoms with Gasteiger partial charge in [0, 0.05) is 12.8 Å². The van der Waals surface area contributed by atoms with E-state index in [9.17, 15) is 19.2 Å². The molecule has 0 spiro atoms. The zero-order chi connectivity index (χ0) is 19.8. The number of carbonyl (C=O) groups excluding carboxylic acids is 4. The highest BCUT2D eigenvalue weighted by molar-refractivity contribution is 5.81. The molecule has 2 saturated carbocycles. The van der Waals surface area contributed by atoms with Gasteiger partial charge in [0.05, 0.1) is 11.3 Å². The summed E-state index contributed by atoms with van der Waals surface area (Å²) < 4.78 is 20.8. The lowest BCUT2D eigenvalue weighted by atomic mass is 9.65. The molecule has 0 aromatic carbocycles. The largest absolute Gasteiger partial charge is 0.462 e. The van der Waals surface area contributed by atoms with Gasteiger partial charge in [-0.15, -0.1) is 0 Å². The predicted molar refractivity (Wildman–Crippen MR) is 90.1 cm³/mol. The Kier molecular flexibility index (Phi) is 5.18. The number of ether oxygens (including phenoxy) is 4. The molecule has 4 fully saturated rings. The second-order valence-electron chi connectivity index (χ2n) is 8.85. The fourth-order valence-corrected chi connectivity index (χ4v) is 4.29. The van der Waals surface area contributed by atoms with Crippen molar-refractivity contribution in [3.05, 3.63) is 0 Å². The molecule has 8 nitrogen and oxygen atoms in total. The standard InChI is InChI=1S/C19H26O8/c1-18(2,3)17(23)25-9-14(20)24-10-15(21)27-19-6-11-4-12(7-19)16(22)26-13(5-11)8-19/h11-13H,4-10H2,1-3H3. The van der Waals surface area contributed by atoms with E-state index in [1.54, 1.807) is 20.8 Å². The van der Waals surface area contributed by atoms with E-state index < -0.39 is 42.1 Å². The highest BCUT2D eigenvalue weighted by Gasteiger charge is 2.54. The van der Waals surface area contributed by atoms with Gasteiger partial charge in [-0.25, -0.2) is 9.59 Å². The average molecular weight is 382 g/mol. The van der Waals surface area contributed by atoms with Crippen LogP contribution in [0.2, 0.25) is 0 Å². The molecule has 0 aromatic heterocycles. The minimum Gasteiger partial charge on any atom is -0.462 e. The van der Waals surface area contributed by atoms with Crippen LogP contribution in [-0.2, 0) is 38.1 Å². The van der Waals surface area contributed by atoms with E-state index >= 15 is 0 Å². The summed E-state index contributed by atoms with van der Waals surface area (Å²) in [5.41, 5.74) is -1.44. The van der Waals surface area contributed by atoms with Crippen LogP contribution < -0.4 is 0 Å². The Labute approximate surface area is 157 Å². The van der Waals surface area contributed by atoms with Gasteiger partial charge in [0.2, 0.25) is 0 Å². The quantitative estimate of drug-likeness (QED) is 0.521. The van der Waals surface area contributed by atoms with Crippen LogP contribution in [0.1, 0.15) is 52.9 Å². The second-order valence-corrected chi connectivity index (χ2v) is 8.85. The molecular formula is C19H26O8. The van der Waals surface area contributed by atoms with Gasteiger partial charge in [0.1, 0.15) is 11.7 Å². The maximum atomic E-state index is 12.2. The molecule has 2 saturated heterocycles. The molecule has 4 atom stereocenters. The maximum Gasteiger partial charge on any atom is 0.344 e. The fraction of sp³-hybridized carbons (Fsp3) is 0.789. The molecule has 4 aliphatic rings. The van der Waals surface area contributed by atoms with Gasteiger partial charge in [-0.1, -0.05) is 0 Å². The lowest BCUT2D eigenvalue weighted by Crippen LogP contribution is -2.48. The smallest absolute Gasteiger partial charge is 0.344 e. The van der Waals surface area contributed by atoms with Crippen molar-refractivity contribution in [2.75, 3.05) is 13.2 Å². The molecular weight excluding hydrogens is 356 g/mol. The molecule has 0 radical (unpaired) electrons. The first-order valence-electron chi connectivity index (χ1n) is 9.31. The van der Waals surface area contributed by atoms with Gasteiger partial charge < -0.3 is 18.9 Å². The van der Waals surface area contributed by atoms with E-state index in [1.807, 2.05) is 0 Å². The Morgan fingerprint density at radius 1 is 1.04 bits per heavy atom. The maximum absolute atomic E-state index is 12.2. The monoisotopic (exact) mass is 382 g/mol. The molecule has 2 heterocycles. The molecule has 4 rings (SSSR count).